The van der Waals surface area contributed by atoms with Crippen LogP contribution in [-0.4, -0.2) is 4.61 Å². The molecule has 0 unspecified atom stereocenters. The molecule has 0 spiro atoms. The van der Waals surface area contributed by atoms with Gasteiger partial charge >= 0.3 is 65.0 Å². The Morgan fingerprint density at radius 3 is 1.00 bits per heavy atom. The van der Waals surface area contributed by atoms with E-state index in [1.165, 1.54) is 0 Å². The summed E-state index contributed by atoms with van der Waals surface area (Å²) in [5.74, 6) is 0. The first-order chi connectivity index (χ1) is 1.73. The van der Waals surface area contributed by atoms with Crippen LogP contribution in [0.4, 0.5) is 0 Å². The molecule has 0 atom stereocenters. The number of halogens is 3. The molecule has 0 rings (SSSR count). The van der Waals surface area contributed by atoms with E-state index in [1.54, 1.807) is 0 Å². The van der Waals surface area contributed by atoms with E-state index >= 15 is 0 Å². The van der Waals surface area contributed by atoms with Crippen LogP contribution in [0.15, 0.2) is 0 Å². The number of rotatable bonds is 0. The Kier molecular flexibility index (Phi) is 6.62. The second-order valence-corrected chi connectivity index (χ2v) is 44.8. The van der Waals surface area contributed by atoms with E-state index in [0.29, 0.717) is 0 Å². The van der Waals surface area contributed by atoms with Crippen molar-refractivity contribution in [3.05, 3.63) is 0 Å². The summed E-state index contributed by atoms with van der Waals surface area (Å²) < 4.78 is -0.278. The van der Waals surface area contributed by atoms with Crippen molar-refractivity contribution < 1.29 is 0 Å². The van der Waals surface area contributed by atoms with Gasteiger partial charge in [0, 0.05) is 0 Å². The van der Waals surface area contributed by atoms with E-state index in [9.17, 15) is 0 Å². The van der Waals surface area contributed by atoms with Gasteiger partial charge in [-0.1, -0.05) is 0 Å². The van der Waals surface area contributed by atoms with Gasteiger partial charge < -0.3 is 0 Å². The van der Waals surface area contributed by atoms with Crippen LogP contribution in [-0.2, 0) is 0 Å². The van der Waals surface area contributed by atoms with E-state index in [0.717, 1.165) is 0 Å². The second kappa shape index (κ2) is 3.92. The van der Waals surface area contributed by atoms with Gasteiger partial charge in [0.2, 0.25) is 0 Å². The van der Waals surface area contributed by atoms with Crippen molar-refractivity contribution in [2.45, 2.75) is 0 Å². The molecule has 0 saturated carbocycles. The standard InChI is InChI=1S/AsI3/c2-1(3)4/i1-1. The predicted molar refractivity (Wildman–Crippen MR) is 47.8 cm³/mol. The first-order valence-electron chi connectivity index (χ1n) is 0.507. The summed E-state index contributed by atoms with van der Waals surface area (Å²) in [7, 11) is 0. The molecule has 0 aromatic heterocycles. The number of hydrogen-bond donors (Lipinski definition) is 0. The van der Waals surface area contributed by atoms with Gasteiger partial charge in [0.15, 0.2) is 0 Å². The van der Waals surface area contributed by atoms with Crippen LogP contribution in [0.5, 0.6) is 0 Å². The van der Waals surface area contributed by atoms with E-state index in [4.69, 9.17) is 0 Å². The minimum absolute atomic E-state index is 0.278. The average Bonchev–Trinajstić information content (AvgIpc) is 0.811. The van der Waals surface area contributed by atoms with Gasteiger partial charge in [0.1, 0.15) is 0 Å². The van der Waals surface area contributed by atoms with Gasteiger partial charge in [-0.05, 0) is 0 Å². The summed E-state index contributed by atoms with van der Waals surface area (Å²) in [6.45, 7) is 0. The minimum atomic E-state index is -0.278. The maximum absolute atomic E-state index is 2.46. The van der Waals surface area contributed by atoms with E-state index in [1.807, 2.05) is 0 Å². The number of hydrogen-bond acceptors (Lipinski definition) is 0. The van der Waals surface area contributed by atoms with Crippen molar-refractivity contribution in [1.29, 1.82) is 0 Å². The van der Waals surface area contributed by atoms with Crippen LogP contribution in [0.1, 0.15) is 0 Å². The Labute approximate surface area is 63.3 Å². The summed E-state index contributed by atoms with van der Waals surface area (Å²) in [6.07, 6.45) is 0. The first kappa shape index (κ1) is 6.75. The molecule has 0 aliphatic rings. The van der Waals surface area contributed by atoms with Crippen molar-refractivity contribution in [3.63, 3.8) is 0 Å². The zero-order valence-corrected chi connectivity index (χ0v) is 9.93. The first-order valence-corrected chi connectivity index (χ1v) is 17.7. The molecule has 0 saturated heterocycles. The van der Waals surface area contributed by atoms with Crippen molar-refractivity contribution in [2.24, 2.45) is 0 Å². The van der Waals surface area contributed by atoms with E-state index < -0.39 is 0 Å². The normalized spacial score (nSPS) is 9.00. The molecule has 26 valence electrons. The van der Waals surface area contributed by atoms with Gasteiger partial charge in [-0.15, -0.1) is 0 Å². The summed E-state index contributed by atoms with van der Waals surface area (Å²) in [6, 6.07) is 0. The Bertz CT molecular complexity index is 8.00. The van der Waals surface area contributed by atoms with Gasteiger partial charge in [-0.25, -0.2) is 0 Å². The molecular weight excluding hydrogens is 455 g/mol. The molecule has 4 heteroatoms. The Hall–Kier alpha value is 2.75. The molecule has 0 aromatic carbocycles. The molecule has 0 radical (unpaired) electrons. The fraction of sp³-hybridized carbons (Fsp3) is 0. The topological polar surface area (TPSA) is 0 Å². The van der Waals surface area contributed by atoms with Crippen LogP contribution in [0.25, 0.3) is 0 Å². The fourth-order valence-corrected chi connectivity index (χ4v) is 0. The average molecular weight is 455 g/mol. The maximum atomic E-state index is 2.46. The van der Waals surface area contributed by atoms with Gasteiger partial charge in [-0.2, -0.15) is 0 Å². The summed E-state index contributed by atoms with van der Waals surface area (Å²) in [5, 5.41) is 0. The third kappa shape index (κ3) is 8.83. The molecule has 0 aromatic rings. The van der Waals surface area contributed by atoms with Crippen molar-refractivity contribution in [2.75, 3.05) is 0 Å². The van der Waals surface area contributed by atoms with Crippen molar-refractivity contribution in [1.82, 2.24) is 0 Å². The van der Waals surface area contributed by atoms with Crippen LogP contribution < -0.4 is 0 Å². The zero-order chi connectivity index (χ0) is 3.58. The third-order valence-corrected chi connectivity index (χ3v) is 0. The SMILES string of the molecule is I[74As](I)I. The van der Waals surface area contributed by atoms with Crippen molar-refractivity contribution >= 4 is 65.0 Å². The van der Waals surface area contributed by atoms with Crippen LogP contribution in [0, 0.1) is 0 Å². The summed E-state index contributed by atoms with van der Waals surface area (Å²) >= 11 is 7.39. The van der Waals surface area contributed by atoms with Gasteiger partial charge in [0.05, 0.1) is 0 Å². The second-order valence-electron chi connectivity index (χ2n) is 0.192. The van der Waals surface area contributed by atoms with Gasteiger partial charge in [0.25, 0.3) is 0 Å². The Balaban J connectivity index is 2.32. The van der Waals surface area contributed by atoms with Crippen molar-refractivity contribution in [3.8, 4) is 0 Å². The Morgan fingerprint density at radius 2 is 1.00 bits per heavy atom. The predicted octanol–water partition coefficient (Wildman–Crippen LogP) is 2.28. The molecule has 0 aliphatic heterocycles. The molecule has 0 fully saturated rings. The molecule has 0 heterocycles. The molecule has 0 nitrogen and oxygen atoms in total. The van der Waals surface area contributed by atoms with E-state index in [2.05, 4.69) is 60.4 Å². The third-order valence-electron chi connectivity index (χ3n) is 0. The molecule has 0 bridgehead atoms. The quantitative estimate of drug-likeness (QED) is 0.389. The summed E-state index contributed by atoms with van der Waals surface area (Å²) in [4.78, 5) is 0. The molecular formula is AsI3. The molecule has 0 amide bonds. The van der Waals surface area contributed by atoms with E-state index in [-0.39, 0.29) is 4.61 Å². The fourth-order valence-electron chi connectivity index (χ4n) is 0. The van der Waals surface area contributed by atoms with Crippen LogP contribution in [0.3, 0.4) is 0 Å². The van der Waals surface area contributed by atoms with Crippen LogP contribution >= 0.6 is 60.4 Å². The zero-order valence-electron chi connectivity index (χ0n) is 1.58. The van der Waals surface area contributed by atoms with Gasteiger partial charge in [-0.3, -0.25) is 0 Å². The molecule has 4 heavy (non-hydrogen) atoms. The monoisotopic (exact) mass is 455 g/mol. The summed E-state index contributed by atoms with van der Waals surface area (Å²) in [5.41, 5.74) is 0. The Morgan fingerprint density at radius 1 is 1.00 bits per heavy atom. The molecule has 0 N–H and O–H groups in total. The molecule has 0 aliphatic carbocycles. The van der Waals surface area contributed by atoms with Crippen LogP contribution in [0.2, 0.25) is 0 Å².